The predicted molar refractivity (Wildman–Crippen MR) is 106 cm³/mol. The first kappa shape index (κ1) is 17.9. The number of carbonyl (C=O) groups is 1. The summed E-state index contributed by atoms with van der Waals surface area (Å²) in [6.07, 6.45) is 8.62. The largest absolute Gasteiger partial charge is 0.351 e. The average Bonchev–Trinajstić information content (AvgIpc) is 3.52. The van der Waals surface area contributed by atoms with Crippen molar-refractivity contribution in [2.75, 3.05) is 6.54 Å². The molecule has 4 rings (SSSR count). The second kappa shape index (κ2) is 8.04. The van der Waals surface area contributed by atoms with E-state index in [4.69, 9.17) is 0 Å². The Morgan fingerprint density at radius 2 is 2.00 bits per heavy atom. The minimum Gasteiger partial charge on any atom is -0.351 e. The Balaban J connectivity index is 1.42. The van der Waals surface area contributed by atoms with Crippen molar-refractivity contribution in [2.24, 2.45) is 0 Å². The second-order valence-corrected chi connectivity index (χ2v) is 6.71. The number of hydrogen-bond acceptors (Lipinski definition) is 4. The van der Waals surface area contributed by atoms with E-state index in [0.717, 1.165) is 24.0 Å². The van der Waals surface area contributed by atoms with Gasteiger partial charge in [0, 0.05) is 36.6 Å². The van der Waals surface area contributed by atoms with E-state index < -0.39 is 0 Å². The third-order valence-corrected chi connectivity index (χ3v) is 4.55. The molecular formula is C21H21N5O2. The van der Waals surface area contributed by atoms with Gasteiger partial charge in [-0.05, 0) is 36.6 Å². The Kier molecular flexibility index (Phi) is 5.14. The van der Waals surface area contributed by atoms with Gasteiger partial charge in [0.2, 0.25) is 5.91 Å². The van der Waals surface area contributed by atoms with Gasteiger partial charge < -0.3 is 5.32 Å². The molecule has 7 nitrogen and oxygen atoms in total. The molecule has 1 N–H and O–H groups in total. The molecule has 7 heteroatoms. The zero-order valence-electron chi connectivity index (χ0n) is 15.4. The van der Waals surface area contributed by atoms with Crippen LogP contribution in [-0.4, -0.2) is 31.8 Å². The molecule has 0 radical (unpaired) electrons. The van der Waals surface area contributed by atoms with Crippen LogP contribution in [0.4, 0.5) is 0 Å². The smallest absolute Gasteiger partial charge is 0.346 e. The van der Waals surface area contributed by atoms with E-state index in [9.17, 15) is 9.59 Å². The number of benzene rings is 1. The molecule has 1 aliphatic carbocycles. The van der Waals surface area contributed by atoms with Gasteiger partial charge in [0.25, 0.3) is 0 Å². The third-order valence-electron chi connectivity index (χ3n) is 4.55. The Labute approximate surface area is 162 Å². The molecule has 1 aromatic carbocycles. The molecular weight excluding hydrogens is 354 g/mol. The lowest BCUT2D eigenvalue weighted by atomic mass is 10.2. The molecule has 0 spiro atoms. The van der Waals surface area contributed by atoms with Crippen LogP contribution in [-0.2, 0) is 11.3 Å². The summed E-state index contributed by atoms with van der Waals surface area (Å²) in [5, 5.41) is 7.28. The number of hydrogen-bond donors (Lipinski definition) is 1. The first-order valence-electron chi connectivity index (χ1n) is 9.33. The molecule has 1 aliphatic rings. The van der Waals surface area contributed by atoms with Gasteiger partial charge in [-0.25, -0.2) is 9.48 Å². The molecule has 1 amide bonds. The Morgan fingerprint density at radius 3 is 2.71 bits per heavy atom. The van der Waals surface area contributed by atoms with Crippen LogP contribution in [0, 0.1) is 0 Å². The van der Waals surface area contributed by atoms with Crippen molar-refractivity contribution >= 4 is 12.0 Å². The number of nitrogens with one attached hydrogen (secondary N) is 1. The zero-order valence-corrected chi connectivity index (χ0v) is 15.4. The number of aromatic nitrogens is 4. The molecule has 142 valence electrons. The quantitative estimate of drug-likeness (QED) is 0.642. The van der Waals surface area contributed by atoms with Gasteiger partial charge in [-0.15, -0.1) is 5.10 Å². The van der Waals surface area contributed by atoms with Gasteiger partial charge in [-0.3, -0.25) is 14.3 Å². The van der Waals surface area contributed by atoms with Crippen molar-refractivity contribution in [3.63, 3.8) is 0 Å². The Morgan fingerprint density at radius 1 is 1.18 bits per heavy atom. The molecule has 2 heterocycles. The summed E-state index contributed by atoms with van der Waals surface area (Å²) in [5.41, 5.74) is 1.63. The highest BCUT2D eigenvalue weighted by Crippen LogP contribution is 2.36. The van der Waals surface area contributed by atoms with Crippen LogP contribution in [0.3, 0.4) is 0 Å². The fourth-order valence-electron chi connectivity index (χ4n) is 3.00. The van der Waals surface area contributed by atoms with Crippen LogP contribution in [0.1, 0.15) is 24.4 Å². The normalized spacial score (nSPS) is 13.7. The van der Waals surface area contributed by atoms with E-state index in [-0.39, 0.29) is 17.6 Å². The van der Waals surface area contributed by atoms with Gasteiger partial charge in [-0.1, -0.05) is 30.3 Å². The summed E-state index contributed by atoms with van der Waals surface area (Å²) in [7, 11) is 0. The van der Waals surface area contributed by atoms with Crippen LogP contribution in [0.15, 0.2) is 65.7 Å². The standard InChI is InChI=1S/C21H21N5O2/c27-19(11-8-16-5-2-1-3-6-16)23-13-14-25-21(28)26(18-9-10-18)20(24-25)17-7-4-12-22-15-17/h1-8,11-12,15,18H,9-10,13-14H2,(H,23,27)/b11-8+. The first-order valence-corrected chi connectivity index (χ1v) is 9.33. The number of carbonyl (C=O) groups excluding carboxylic acids is 1. The SMILES string of the molecule is O=C(/C=C/c1ccccc1)NCCn1nc(-c2cccnc2)n(C2CC2)c1=O. The maximum absolute atomic E-state index is 12.7. The third kappa shape index (κ3) is 4.09. The summed E-state index contributed by atoms with van der Waals surface area (Å²) in [5.74, 6) is 0.432. The lowest BCUT2D eigenvalue weighted by Gasteiger charge is -2.02. The molecule has 1 saturated carbocycles. The molecule has 0 aliphatic heterocycles. The maximum Gasteiger partial charge on any atom is 0.346 e. The fraction of sp³-hybridized carbons (Fsp3) is 0.238. The van der Waals surface area contributed by atoms with Crippen molar-refractivity contribution in [2.45, 2.75) is 25.4 Å². The Bertz CT molecular complexity index is 1030. The lowest BCUT2D eigenvalue weighted by molar-refractivity contribution is -0.116. The highest BCUT2D eigenvalue weighted by molar-refractivity contribution is 5.91. The second-order valence-electron chi connectivity index (χ2n) is 6.71. The number of rotatable bonds is 7. The summed E-state index contributed by atoms with van der Waals surface area (Å²) >= 11 is 0. The highest BCUT2D eigenvalue weighted by atomic mass is 16.2. The van der Waals surface area contributed by atoms with E-state index in [2.05, 4.69) is 15.4 Å². The minimum absolute atomic E-state index is 0.143. The molecule has 0 atom stereocenters. The van der Waals surface area contributed by atoms with E-state index in [1.807, 2.05) is 42.5 Å². The number of nitrogens with zero attached hydrogens (tertiary/aromatic N) is 4. The predicted octanol–water partition coefficient (Wildman–Crippen LogP) is 2.27. The van der Waals surface area contributed by atoms with Crippen molar-refractivity contribution in [1.82, 2.24) is 24.6 Å². The molecule has 0 unspecified atom stereocenters. The first-order chi connectivity index (χ1) is 13.7. The number of amides is 1. The fourth-order valence-corrected chi connectivity index (χ4v) is 3.00. The Hall–Kier alpha value is -3.48. The van der Waals surface area contributed by atoms with Gasteiger partial charge in [0.15, 0.2) is 5.82 Å². The van der Waals surface area contributed by atoms with Gasteiger partial charge in [-0.2, -0.15) is 0 Å². The zero-order chi connectivity index (χ0) is 19.3. The number of pyridine rings is 1. The van der Waals surface area contributed by atoms with Crippen LogP contribution in [0.5, 0.6) is 0 Å². The van der Waals surface area contributed by atoms with Crippen LogP contribution in [0.25, 0.3) is 17.5 Å². The maximum atomic E-state index is 12.7. The molecule has 0 bridgehead atoms. The average molecular weight is 375 g/mol. The van der Waals surface area contributed by atoms with Crippen molar-refractivity contribution in [3.05, 3.63) is 77.0 Å². The van der Waals surface area contributed by atoms with Gasteiger partial charge in [0.1, 0.15) is 0 Å². The van der Waals surface area contributed by atoms with E-state index in [0.29, 0.717) is 18.9 Å². The van der Waals surface area contributed by atoms with Gasteiger partial charge >= 0.3 is 5.69 Å². The summed E-state index contributed by atoms with van der Waals surface area (Å²) in [6.45, 7) is 0.642. The summed E-state index contributed by atoms with van der Waals surface area (Å²) in [6, 6.07) is 13.5. The minimum atomic E-state index is -0.203. The van der Waals surface area contributed by atoms with Crippen LogP contribution >= 0.6 is 0 Å². The van der Waals surface area contributed by atoms with E-state index in [1.165, 1.54) is 10.8 Å². The van der Waals surface area contributed by atoms with E-state index >= 15 is 0 Å². The van der Waals surface area contributed by atoms with Gasteiger partial charge in [0.05, 0.1) is 6.54 Å². The van der Waals surface area contributed by atoms with Crippen molar-refractivity contribution in [1.29, 1.82) is 0 Å². The summed E-state index contributed by atoms with van der Waals surface area (Å²) in [4.78, 5) is 28.9. The van der Waals surface area contributed by atoms with Crippen molar-refractivity contribution in [3.8, 4) is 11.4 Å². The lowest BCUT2D eigenvalue weighted by Crippen LogP contribution is -2.31. The topological polar surface area (TPSA) is 81.8 Å². The molecule has 2 aromatic heterocycles. The van der Waals surface area contributed by atoms with Crippen LogP contribution in [0.2, 0.25) is 0 Å². The van der Waals surface area contributed by atoms with Crippen LogP contribution < -0.4 is 11.0 Å². The molecule has 28 heavy (non-hydrogen) atoms. The molecule has 0 saturated heterocycles. The summed E-state index contributed by atoms with van der Waals surface area (Å²) < 4.78 is 3.16. The molecule has 1 fully saturated rings. The molecule has 3 aromatic rings. The van der Waals surface area contributed by atoms with E-state index in [1.54, 1.807) is 23.0 Å². The monoisotopic (exact) mass is 375 g/mol. The highest BCUT2D eigenvalue weighted by Gasteiger charge is 2.30. The van der Waals surface area contributed by atoms with Crippen molar-refractivity contribution < 1.29 is 4.79 Å².